The van der Waals surface area contributed by atoms with Crippen LogP contribution < -0.4 is 5.32 Å². The average Bonchev–Trinajstić information content (AvgIpc) is 3.04. The number of hydrogen-bond acceptors (Lipinski definition) is 4. The summed E-state index contributed by atoms with van der Waals surface area (Å²) in [6.45, 7) is 10.2. The summed E-state index contributed by atoms with van der Waals surface area (Å²) in [7, 11) is 2.15. The second-order valence-corrected chi connectivity index (χ2v) is 7.18. The zero-order valence-electron chi connectivity index (χ0n) is 16.2. The lowest BCUT2D eigenvalue weighted by atomic mass is 10.1. The van der Waals surface area contributed by atoms with Crippen LogP contribution in [0.1, 0.15) is 43.2 Å². The van der Waals surface area contributed by atoms with Gasteiger partial charge in [-0.2, -0.15) is 5.10 Å². The van der Waals surface area contributed by atoms with Gasteiger partial charge in [0.05, 0.1) is 11.6 Å². The van der Waals surface area contributed by atoms with Crippen molar-refractivity contribution in [3.63, 3.8) is 0 Å². The lowest BCUT2D eigenvalue weighted by Crippen LogP contribution is -2.46. The first kappa shape index (κ1) is 18.9. The monoisotopic (exact) mass is 357 g/mol. The Morgan fingerprint density at radius 1 is 1.15 bits per heavy atom. The largest absolute Gasteiger partial charge is 0.349 e. The smallest absolute Gasteiger partial charge is 0.272 e. The van der Waals surface area contributed by atoms with Crippen molar-refractivity contribution in [3.8, 4) is 0 Å². The van der Waals surface area contributed by atoms with E-state index in [0.717, 1.165) is 56.5 Å². The number of rotatable bonds is 7. The van der Waals surface area contributed by atoms with Gasteiger partial charge in [0.25, 0.3) is 5.91 Å². The molecule has 0 spiro atoms. The molecule has 1 fully saturated rings. The normalized spacial score (nSPS) is 16.5. The number of nitrogens with one attached hydrogen (secondary N) is 1. The molecule has 26 heavy (non-hydrogen) atoms. The highest BCUT2D eigenvalue weighted by Crippen LogP contribution is 2.25. The minimum Gasteiger partial charge on any atom is -0.349 e. The number of nitrogens with zero attached hydrogens (tertiary/aromatic N) is 4. The Kier molecular flexibility index (Phi) is 6.27. The molecule has 1 aliphatic heterocycles. The molecule has 0 unspecified atom stereocenters. The topological polar surface area (TPSA) is 53.4 Å². The third-order valence-electron chi connectivity index (χ3n) is 5.43. The molecule has 0 saturated carbocycles. The van der Waals surface area contributed by atoms with Crippen molar-refractivity contribution in [3.05, 3.63) is 30.0 Å². The van der Waals surface area contributed by atoms with Gasteiger partial charge < -0.3 is 10.2 Å². The molecule has 2 aromatic rings. The predicted octanol–water partition coefficient (Wildman–Crippen LogP) is 2.37. The van der Waals surface area contributed by atoms with Crippen LogP contribution in [0.25, 0.3) is 10.9 Å². The Bertz CT molecular complexity index is 729. The number of para-hydroxylation sites is 1. The SMILES string of the molecule is CCC(CC)n1nc(C(=O)NCCN2CCN(C)CC2)c2ccccc21. The Balaban J connectivity index is 1.68. The third kappa shape index (κ3) is 4.07. The van der Waals surface area contributed by atoms with E-state index in [0.29, 0.717) is 18.3 Å². The van der Waals surface area contributed by atoms with Crippen molar-refractivity contribution in [2.75, 3.05) is 46.3 Å². The van der Waals surface area contributed by atoms with Crippen LogP contribution in [0.2, 0.25) is 0 Å². The van der Waals surface area contributed by atoms with Crippen LogP contribution in [0.3, 0.4) is 0 Å². The maximum Gasteiger partial charge on any atom is 0.272 e. The van der Waals surface area contributed by atoms with Crippen LogP contribution in [0.15, 0.2) is 24.3 Å². The van der Waals surface area contributed by atoms with Gasteiger partial charge in [0, 0.05) is 44.7 Å². The first-order valence-corrected chi connectivity index (χ1v) is 9.80. The molecule has 0 bridgehead atoms. The first-order valence-electron chi connectivity index (χ1n) is 9.80. The summed E-state index contributed by atoms with van der Waals surface area (Å²) in [5, 5.41) is 8.70. The molecule has 0 radical (unpaired) electrons. The van der Waals surface area contributed by atoms with E-state index in [1.54, 1.807) is 0 Å². The molecule has 2 heterocycles. The molecular formula is C20H31N5O. The second-order valence-electron chi connectivity index (χ2n) is 7.18. The Labute approximate surface area is 156 Å². The number of fused-ring (bicyclic) bond motifs is 1. The third-order valence-corrected chi connectivity index (χ3v) is 5.43. The van der Waals surface area contributed by atoms with Crippen LogP contribution in [0, 0.1) is 0 Å². The van der Waals surface area contributed by atoms with Gasteiger partial charge in [-0.05, 0) is 26.0 Å². The fraction of sp³-hybridized carbons (Fsp3) is 0.600. The van der Waals surface area contributed by atoms with Crippen molar-refractivity contribution < 1.29 is 4.79 Å². The molecule has 1 aromatic heterocycles. The quantitative estimate of drug-likeness (QED) is 0.827. The summed E-state index contributed by atoms with van der Waals surface area (Å²) >= 11 is 0. The van der Waals surface area contributed by atoms with Crippen molar-refractivity contribution in [2.45, 2.75) is 32.7 Å². The van der Waals surface area contributed by atoms with Crippen LogP contribution in [-0.2, 0) is 0 Å². The summed E-state index contributed by atoms with van der Waals surface area (Å²) in [5.74, 6) is -0.0694. The molecule has 1 N–H and O–H groups in total. The Morgan fingerprint density at radius 2 is 1.85 bits per heavy atom. The van der Waals surface area contributed by atoms with E-state index in [1.165, 1.54) is 0 Å². The minimum absolute atomic E-state index is 0.0694. The van der Waals surface area contributed by atoms with E-state index >= 15 is 0 Å². The molecule has 6 heteroatoms. The van der Waals surface area contributed by atoms with E-state index in [9.17, 15) is 4.79 Å². The lowest BCUT2D eigenvalue weighted by molar-refractivity contribution is 0.0936. The Morgan fingerprint density at radius 3 is 2.54 bits per heavy atom. The van der Waals surface area contributed by atoms with Gasteiger partial charge >= 0.3 is 0 Å². The highest BCUT2D eigenvalue weighted by molar-refractivity contribution is 6.04. The van der Waals surface area contributed by atoms with Gasteiger partial charge in [-0.3, -0.25) is 14.4 Å². The Hall–Kier alpha value is -1.92. The zero-order chi connectivity index (χ0) is 18.5. The number of hydrogen-bond donors (Lipinski definition) is 1. The van der Waals surface area contributed by atoms with Crippen LogP contribution in [-0.4, -0.2) is 71.8 Å². The molecule has 0 atom stereocenters. The van der Waals surface area contributed by atoms with Crippen LogP contribution in [0.5, 0.6) is 0 Å². The van der Waals surface area contributed by atoms with Gasteiger partial charge in [0.1, 0.15) is 0 Å². The molecule has 1 aromatic carbocycles. The number of aromatic nitrogens is 2. The molecule has 6 nitrogen and oxygen atoms in total. The molecule has 1 aliphatic rings. The van der Waals surface area contributed by atoms with Gasteiger partial charge in [-0.1, -0.05) is 32.0 Å². The van der Waals surface area contributed by atoms with Crippen molar-refractivity contribution in [1.29, 1.82) is 0 Å². The van der Waals surface area contributed by atoms with E-state index in [1.807, 2.05) is 22.9 Å². The fourth-order valence-electron chi connectivity index (χ4n) is 3.65. The highest BCUT2D eigenvalue weighted by atomic mass is 16.1. The summed E-state index contributed by atoms with van der Waals surface area (Å²) in [6.07, 6.45) is 2.01. The average molecular weight is 358 g/mol. The van der Waals surface area contributed by atoms with Crippen LogP contribution in [0.4, 0.5) is 0 Å². The van der Waals surface area contributed by atoms with Gasteiger partial charge in [-0.25, -0.2) is 0 Å². The number of amides is 1. The number of piperazine rings is 1. The molecule has 142 valence electrons. The highest BCUT2D eigenvalue weighted by Gasteiger charge is 2.20. The van der Waals surface area contributed by atoms with E-state index in [4.69, 9.17) is 5.10 Å². The molecule has 1 amide bonds. The summed E-state index contributed by atoms with van der Waals surface area (Å²) in [4.78, 5) is 17.5. The standard InChI is InChI=1S/C20H31N5O/c1-4-16(5-2)25-18-9-7-6-8-17(18)19(22-25)20(26)21-10-11-24-14-12-23(3)13-15-24/h6-9,16H,4-5,10-15H2,1-3H3,(H,21,26). The van der Waals surface area contributed by atoms with Crippen molar-refractivity contribution in [2.24, 2.45) is 0 Å². The van der Waals surface area contributed by atoms with E-state index in [2.05, 4.69) is 42.1 Å². The van der Waals surface area contributed by atoms with E-state index in [-0.39, 0.29) is 5.91 Å². The maximum absolute atomic E-state index is 12.8. The molecule has 3 rings (SSSR count). The maximum atomic E-state index is 12.8. The lowest BCUT2D eigenvalue weighted by Gasteiger charge is -2.32. The summed E-state index contributed by atoms with van der Waals surface area (Å²) < 4.78 is 2.03. The first-order chi connectivity index (χ1) is 12.6. The number of benzene rings is 1. The summed E-state index contributed by atoms with van der Waals surface area (Å²) in [6, 6.07) is 8.37. The number of carbonyl (C=O) groups is 1. The molecule has 0 aliphatic carbocycles. The number of likely N-dealkylation sites (N-methyl/N-ethyl adjacent to an activating group) is 1. The van der Waals surface area contributed by atoms with Gasteiger partial charge in [0.2, 0.25) is 0 Å². The van der Waals surface area contributed by atoms with Gasteiger partial charge in [-0.15, -0.1) is 0 Å². The predicted molar refractivity (Wildman–Crippen MR) is 106 cm³/mol. The minimum atomic E-state index is -0.0694. The number of carbonyl (C=O) groups excluding carboxylic acids is 1. The van der Waals surface area contributed by atoms with Gasteiger partial charge in [0.15, 0.2) is 5.69 Å². The fourth-order valence-corrected chi connectivity index (χ4v) is 3.65. The van der Waals surface area contributed by atoms with Crippen molar-refractivity contribution in [1.82, 2.24) is 24.9 Å². The molecule has 1 saturated heterocycles. The van der Waals surface area contributed by atoms with E-state index < -0.39 is 0 Å². The zero-order valence-corrected chi connectivity index (χ0v) is 16.2. The summed E-state index contributed by atoms with van der Waals surface area (Å²) in [5.41, 5.74) is 1.59. The molecular weight excluding hydrogens is 326 g/mol. The van der Waals surface area contributed by atoms with Crippen LogP contribution >= 0.6 is 0 Å². The van der Waals surface area contributed by atoms with Crippen molar-refractivity contribution >= 4 is 16.8 Å². The second kappa shape index (κ2) is 8.64.